The molecule has 20 heavy (non-hydrogen) atoms. The van der Waals surface area contributed by atoms with Gasteiger partial charge in [-0.3, -0.25) is 0 Å². The zero-order valence-corrected chi connectivity index (χ0v) is 13.1. The minimum Gasteiger partial charge on any atom is -0.347 e. The maximum atomic E-state index is 4.62. The molecule has 0 saturated carbocycles. The summed E-state index contributed by atoms with van der Waals surface area (Å²) in [4.78, 5) is 6.94. The van der Waals surface area contributed by atoms with Gasteiger partial charge in [0, 0.05) is 13.1 Å². The Bertz CT molecular complexity index is 697. The smallest absolute Gasteiger partial charge is 0.209 e. The molecule has 102 valence electrons. The number of rotatable bonds is 3. The number of anilines is 1. The molecule has 1 aliphatic heterocycles. The van der Waals surface area contributed by atoms with Crippen LogP contribution in [0.2, 0.25) is 0 Å². The maximum Gasteiger partial charge on any atom is 0.209 e. The average Bonchev–Trinajstić information content (AvgIpc) is 3.18. The van der Waals surface area contributed by atoms with Crippen LogP contribution in [0.3, 0.4) is 0 Å². The number of hydrogen-bond donors (Lipinski definition) is 0. The summed E-state index contributed by atoms with van der Waals surface area (Å²) in [6, 6.07) is 8.22. The van der Waals surface area contributed by atoms with Crippen LogP contribution in [-0.4, -0.2) is 28.3 Å². The first-order chi connectivity index (χ1) is 9.88. The highest BCUT2D eigenvalue weighted by molar-refractivity contribution is 8.02. The van der Waals surface area contributed by atoms with Crippen molar-refractivity contribution in [1.82, 2.24) is 15.2 Å². The van der Waals surface area contributed by atoms with E-state index in [4.69, 9.17) is 0 Å². The highest BCUT2D eigenvalue weighted by Crippen LogP contribution is 2.37. The Morgan fingerprint density at radius 2 is 1.85 bits per heavy atom. The summed E-state index contributed by atoms with van der Waals surface area (Å²) in [5.41, 5.74) is 1.06. The number of para-hydroxylation sites is 1. The van der Waals surface area contributed by atoms with Gasteiger partial charge in [-0.25, -0.2) is 4.98 Å². The van der Waals surface area contributed by atoms with E-state index in [0.29, 0.717) is 0 Å². The Labute approximate surface area is 128 Å². The van der Waals surface area contributed by atoms with E-state index in [1.165, 1.54) is 17.5 Å². The second-order valence-corrected chi connectivity index (χ2v) is 8.08. The first-order valence-corrected chi connectivity index (χ1v) is 8.95. The van der Waals surface area contributed by atoms with Crippen LogP contribution in [0.5, 0.6) is 0 Å². The van der Waals surface area contributed by atoms with Crippen LogP contribution in [0.1, 0.15) is 12.8 Å². The molecule has 1 fully saturated rings. The van der Waals surface area contributed by atoms with Crippen LogP contribution in [0.25, 0.3) is 10.2 Å². The van der Waals surface area contributed by atoms with E-state index in [-0.39, 0.29) is 0 Å². The summed E-state index contributed by atoms with van der Waals surface area (Å²) >= 11 is 5.00. The molecule has 0 radical (unpaired) electrons. The lowest BCUT2D eigenvalue weighted by molar-refractivity contribution is 0.913. The van der Waals surface area contributed by atoms with Gasteiger partial charge in [0.1, 0.15) is 0 Å². The van der Waals surface area contributed by atoms with E-state index < -0.39 is 0 Å². The molecule has 2 aromatic heterocycles. The molecule has 4 nitrogen and oxygen atoms in total. The van der Waals surface area contributed by atoms with E-state index in [0.717, 1.165) is 32.4 Å². The monoisotopic (exact) mass is 320 g/mol. The molecule has 0 spiro atoms. The maximum absolute atomic E-state index is 4.62. The van der Waals surface area contributed by atoms with Gasteiger partial charge in [0.2, 0.25) is 5.13 Å². The summed E-state index contributed by atoms with van der Waals surface area (Å²) in [7, 11) is 0. The van der Waals surface area contributed by atoms with Crippen molar-refractivity contribution in [3.63, 3.8) is 0 Å². The van der Waals surface area contributed by atoms with Crippen LogP contribution >= 0.6 is 34.4 Å². The van der Waals surface area contributed by atoms with E-state index in [2.05, 4.69) is 26.1 Å². The molecule has 0 atom stereocenters. The second-order valence-electron chi connectivity index (χ2n) is 4.59. The topological polar surface area (TPSA) is 41.9 Å². The lowest BCUT2D eigenvalue weighted by atomic mass is 10.3. The molecule has 1 aromatic carbocycles. The number of benzene rings is 1. The van der Waals surface area contributed by atoms with Gasteiger partial charge in [0.25, 0.3) is 0 Å². The Hall–Kier alpha value is -1.18. The van der Waals surface area contributed by atoms with Crippen molar-refractivity contribution in [3.05, 3.63) is 24.3 Å². The van der Waals surface area contributed by atoms with Gasteiger partial charge in [0.15, 0.2) is 8.68 Å². The number of nitrogens with zero attached hydrogens (tertiary/aromatic N) is 4. The third-order valence-corrected chi connectivity index (χ3v) is 6.35. The van der Waals surface area contributed by atoms with Gasteiger partial charge in [-0.2, -0.15) is 0 Å². The minimum absolute atomic E-state index is 0.978. The summed E-state index contributed by atoms with van der Waals surface area (Å²) in [5.74, 6) is 0. The van der Waals surface area contributed by atoms with E-state index >= 15 is 0 Å². The molecule has 7 heteroatoms. The van der Waals surface area contributed by atoms with Gasteiger partial charge in [-0.1, -0.05) is 23.5 Å². The number of thiazole rings is 1. The minimum atomic E-state index is 0.978. The summed E-state index contributed by atoms with van der Waals surface area (Å²) in [6.07, 6.45) is 2.53. The summed E-state index contributed by atoms with van der Waals surface area (Å²) in [5, 5.41) is 9.63. The molecule has 4 rings (SSSR count). The molecular formula is C13H12N4S3. The Morgan fingerprint density at radius 1 is 1.00 bits per heavy atom. The molecule has 0 amide bonds. The summed E-state index contributed by atoms with van der Waals surface area (Å²) in [6.45, 7) is 2.22. The average molecular weight is 320 g/mol. The normalized spacial score (nSPS) is 15.3. The van der Waals surface area contributed by atoms with Crippen LogP contribution in [0.15, 0.2) is 32.9 Å². The van der Waals surface area contributed by atoms with Gasteiger partial charge in [0.05, 0.1) is 10.2 Å². The van der Waals surface area contributed by atoms with Crippen LogP contribution in [0.4, 0.5) is 5.13 Å². The molecule has 3 aromatic rings. The fourth-order valence-electron chi connectivity index (χ4n) is 2.25. The van der Waals surface area contributed by atoms with Gasteiger partial charge >= 0.3 is 0 Å². The zero-order chi connectivity index (χ0) is 13.4. The Balaban J connectivity index is 1.56. The Morgan fingerprint density at radius 3 is 2.70 bits per heavy atom. The fraction of sp³-hybridized carbons (Fsp3) is 0.308. The lowest BCUT2D eigenvalue weighted by Crippen LogP contribution is -2.17. The highest BCUT2D eigenvalue weighted by atomic mass is 32.2. The largest absolute Gasteiger partial charge is 0.347 e. The van der Waals surface area contributed by atoms with Crippen molar-refractivity contribution >= 4 is 49.8 Å². The van der Waals surface area contributed by atoms with E-state index in [1.54, 1.807) is 34.4 Å². The van der Waals surface area contributed by atoms with Crippen LogP contribution in [-0.2, 0) is 0 Å². The lowest BCUT2D eigenvalue weighted by Gasteiger charge is -2.10. The molecular weight excluding hydrogens is 308 g/mol. The SMILES string of the molecule is c1ccc2sc(Sc3nnc(N4CCCC4)s3)nc2c1. The van der Waals surface area contributed by atoms with Crippen LogP contribution < -0.4 is 4.90 Å². The van der Waals surface area contributed by atoms with Crippen molar-refractivity contribution in [2.24, 2.45) is 0 Å². The third-order valence-electron chi connectivity index (χ3n) is 3.22. The standard InChI is InChI=1S/C13H12N4S3/c1-2-6-10-9(5-1)14-12(18-10)20-13-16-15-11(19-13)17-7-3-4-8-17/h1-2,5-6H,3-4,7-8H2. The quantitative estimate of drug-likeness (QED) is 0.732. The first-order valence-electron chi connectivity index (χ1n) is 6.50. The van der Waals surface area contributed by atoms with Crippen molar-refractivity contribution in [3.8, 4) is 0 Å². The van der Waals surface area contributed by atoms with Crippen molar-refractivity contribution in [2.75, 3.05) is 18.0 Å². The predicted octanol–water partition coefficient (Wildman–Crippen LogP) is 3.90. The fourth-order valence-corrected chi connectivity index (χ4v) is 5.41. The second kappa shape index (κ2) is 5.31. The summed E-state index contributed by atoms with van der Waals surface area (Å²) < 4.78 is 3.24. The Kier molecular flexibility index (Phi) is 3.33. The number of fused-ring (bicyclic) bond motifs is 1. The highest BCUT2D eigenvalue weighted by Gasteiger charge is 2.17. The molecule has 0 N–H and O–H groups in total. The molecule has 0 bridgehead atoms. The molecule has 1 saturated heterocycles. The molecule has 0 unspecified atom stereocenters. The van der Waals surface area contributed by atoms with Gasteiger partial charge in [-0.05, 0) is 36.7 Å². The van der Waals surface area contributed by atoms with Crippen LogP contribution in [0, 0.1) is 0 Å². The molecule has 0 aliphatic carbocycles. The van der Waals surface area contributed by atoms with E-state index in [1.807, 2.05) is 18.2 Å². The number of aromatic nitrogens is 3. The molecule has 1 aliphatic rings. The third kappa shape index (κ3) is 2.41. The predicted molar refractivity (Wildman–Crippen MR) is 85.1 cm³/mol. The van der Waals surface area contributed by atoms with Gasteiger partial charge in [-0.15, -0.1) is 21.5 Å². The van der Waals surface area contributed by atoms with Crippen molar-refractivity contribution < 1.29 is 0 Å². The van der Waals surface area contributed by atoms with Crippen molar-refractivity contribution in [2.45, 2.75) is 21.5 Å². The number of hydrogen-bond acceptors (Lipinski definition) is 7. The van der Waals surface area contributed by atoms with E-state index in [9.17, 15) is 0 Å². The van der Waals surface area contributed by atoms with Gasteiger partial charge < -0.3 is 4.90 Å². The zero-order valence-electron chi connectivity index (χ0n) is 10.7. The molecule has 3 heterocycles. The van der Waals surface area contributed by atoms with Crippen molar-refractivity contribution in [1.29, 1.82) is 0 Å². The first kappa shape index (κ1) is 12.6.